The zero-order valence-electron chi connectivity index (χ0n) is 17.4. The average molecular weight is 457 g/mol. The van der Waals surface area contributed by atoms with Crippen molar-refractivity contribution in [3.63, 3.8) is 0 Å². The van der Waals surface area contributed by atoms with Gasteiger partial charge in [0.1, 0.15) is 12.4 Å². The van der Waals surface area contributed by atoms with Crippen LogP contribution < -0.4 is 5.73 Å². The van der Waals surface area contributed by atoms with E-state index in [9.17, 15) is 22.0 Å². The van der Waals surface area contributed by atoms with Gasteiger partial charge in [-0.1, -0.05) is 0 Å². The SMILES string of the molecule is COC1CN([C@H]2C[C@@H]3[C@H](C2)[C@H]3c2cc(-c3cnc(N)c(C(F)(F)F)c3)nn2CC(F)F)C1. The number of methoxy groups -OCH3 is 1. The highest BCUT2D eigenvalue weighted by Crippen LogP contribution is 2.64. The Morgan fingerprint density at radius 1 is 1.19 bits per heavy atom. The molecule has 2 saturated carbocycles. The largest absolute Gasteiger partial charge is 0.419 e. The lowest BCUT2D eigenvalue weighted by Crippen LogP contribution is -2.55. The molecular formula is C21H24F5N5O. The molecule has 0 spiro atoms. The molecule has 2 N–H and O–H groups in total. The molecule has 0 unspecified atom stereocenters. The summed E-state index contributed by atoms with van der Waals surface area (Å²) in [6.07, 6.45) is -3.82. The summed E-state index contributed by atoms with van der Waals surface area (Å²) in [5, 5.41) is 4.23. The fourth-order valence-corrected chi connectivity index (χ4v) is 5.43. The molecule has 11 heteroatoms. The smallest absolute Gasteiger partial charge is 0.383 e. The molecule has 3 aliphatic rings. The highest BCUT2D eigenvalue weighted by atomic mass is 19.4. The lowest BCUT2D eigenvalue weighted by Gasteiger charge is -2.43. The third-order valence-corrected chi connectivity index (χ3v) is 7.13. The van der Waals surface area contributed by atoms with Crippen LogP contribution in [0.3, 0.4) is 0 Å². The van der Waals surface area contributed by atoms with Crippen molar-refractivity contribution in [1.82, 2.24) is 19.7 Å². The van der Waals surface area contributed by atoms with Crippen LogP contribution in [-0.4, -0.2) is 58.4 Å². The third kappa shape index (κ3) is 3.75. The van der Waals surface area contributed by atoms with Crippen LogP contribution in [0.4, 0.5) is 27.8 Å². The first-order chi connectivity index (χ1) is 15.2. The number of rotatable bonds is 6. The Bertz CT molecular complexity index is 991. The van der Waals surface area contributed by atoms with E-state index < -0.39 is 30.5 Å². The molecule has 1 saturated heterocycles. The minimum absolute atomic E-state index is 0.106. The molecule has 0 radical (unpaired) electrons. The van der Waals surface area contributed by atoms with Gasteiger partial charge in [0.15, 0.2) is 0 Å². The molecule has 3 fully saturated rings. The standard InChI is InChI=1S/C21H24F5N5O/c1-32-12-7-30(8-12)11-3-13-14(4-11)19(13)17-5-16(29-31(17)9-18(22)23)10-2-15(21(24,25)26)20(27)28-6-10/h2,5-6,11-14,18-19H,3-4,7-9H2,1H3,(H2,27,28)/t11-,13+,14-,19-. The van der Waals surface area contributed by atoms with E-state index in [0.717, 1.165) is 32.0 Å². The summed E-state index contributed by atoms with van der Waals surface area (Å²) < 4.78 is 72.6. The van der Waals surface area contributed by atoms with Crippen LogP contribution in [0, 0.1) is 11.8 Å². The number of halogens is 5. The molecule has 6 nitrogen and oxygen atoms in total. The highest BCUT2D eigenvalue weighted by Gasteiger charge is 2.59. The molecule has 174 valence electrons. The number of aromatic nitrogens is 3. The topological polar surface area (TPSA) is 69.2 Å². The number of fused-ring (bicyclic) bond motifs is 1. The zero-order chi connectivity index (χ0) is 22.8. The summed E-state index contributed by atoms with van der Waals surface area (Å²) in [6.45, 7) is 1.25. The van der Waals surface area contributed by atoms with Gasteiger partial charge in [0.05, 0.1) is 17.4 Å². The van der Waals surface area contributed by atoms with Gasteiger partial charge in [-0.3, -0.25) is 9.58 Å². The Morgan fingerprint density at radius 2 is 1.88 bits per heavy atom. The maximum Gasteiger partial charge on any atom is 0.419 e. The van der Waals surface area contributed by atoms with E-state index in [4.69, 9.17) is 10.5 Å². The summed E-state index contributed by atoms with van der Waals surface area (Å²) in [6, 6.07) is 2.99. The quantitative estimate of drug-likeness (QED) is 0.671. The third-order valence-electron chi connectivity index (χ3n) is 7.13. The second kappa shape index (κ2) is 7.65. The van der Waals surface area contributed by atoms with Crippen LogP contribution in [0.5, 0.6) is 0 Å². The van der Waals surface area contributed by atoms with Crippen LogP contribution in [0.1, 0.15) is 30.0 Å². The maximum absolute atomic E-state index is 13.2. The van der Waals surface area contributed by atoms with Gasteiger partial charge in [0.2, 0.25) is 0 Å². The van der Waals surface area contributed by atoms with Gasteiger partial charge in [0.25, 0.3) is 6.43 Å². The molecule has 0 amide bonds. The molecule has 0 aromatic carbocycles. The van der Waals surface area contributed by atoms with Crippen molar-refractivity contribution in [2.45, 2.75) is 50.1 Å². The van der Waals surface area contributed by atoms with E-state index in [0.29, 0.717) is 23.6 Å². The monoisotopic (exact) mass is 457 g/mol. The maximum atomic E-state index is 13.2. The number of hydrogen-bond acceptors (Lipinski definition) is 5. The summed E-state index contributed by atoms with van der Waals surface area (Å²) >= 11 is 0. The Balaban J connectivity index is 1.37. The van der Waals surface area contributed by atoms with E-state index in [2.05, 4.69) is 15.0 Å². The van der Waals surface area contributed by atoms with Gasteiger partial charge in [0, 0.05) is 49.6 Å². The lowest BCUT2D eigenvalue weighted by molar-refractivity contribution is -0.137. The zero-order valence-corrected chi connectivity index (χ0v) is 17.4. The van der Waals surface area contributed by atoms with Gasteiger partial charge < -0.3 is 10.5 Å². The van der Waals surface area contributed by atoms with Crippen LogP contribution in [0.25, 0.3) is 11.3 Å². The number of pyridine rings is 1. The van der Waals surface area contributed by atoms with E-state index in [-0.39, 0.29) is 23.3 Å². The molecular weight excluding hydrogens is 433 g/mol. The predicted molar refractivity (Wildman–Crippen MR) is 106 cm³/mol. The number of ether oxygens (including phenoxy) is 1. The highest BCUT2D eigenvalue weighted by molar-refractivity contribution is 5.63. The molecule has 2 aromatic heterocycles. The molecule has 4 atom stereocenters. The number of hydrogen-bond donors (Lipinski definition) is 1. The lowest BCUT2D eigenvalue weighted by atomic mass is 9.99. The molecule has 5 rings (SSSR count). The predicted octanol–water partition coefficient (Wildman–Crippen LogP) is 3.63. The molecule has 32 heavy (non-hydrogen) atoms. The van der Waals surface area contributed by atoms with Crippen LogP contribution in [0.15, 0.2) is 18.3 Å². The van der Waals surface area contributed by atoms with Crippen molar-refractivity contribution in [1.29, 1.82) is 0 Å². The molecule has 0 bridgehead atoms. The Kier molecular flexibility index (Phi) is 5.16. The molecule has 1 aliphatic heterocycles. The first-order valence-corrected chi connectivity index (χ1v) is 10.6. The molecule has 2 aliphatic carbocycles. The van der Waals surface area contributed by atoms with Gasteiger partial charge in [-0.2, -0.15) is 18.3 Å². The van der Waals surface area contributed by atoms with Crippen molar-refractivity contribution >= 4 is 5.82 Å². The van der Waals surface area contributed by atoms with E-state index in [1.54, 1.807) is 13.2 Å². The number of nitrogens with two attached hydrogens (primary N) is 1. The van der Waals surface area contributed by atoms with Gasteiger partial charge >= 0.3 is 6.18 Å². The second-order valence-corrected chi connectivity index (χ2v) is 8.97. The number of alkyl halides is 5. The fourth-order valence-electron chi connectivity index (χ4n) is 5.43. The fraction of sp³-hybridized carbons (Fsp3) is 0.619. The van der Waals surface area contributed by atoms with E-state index in [1.807, 2.05) is 0 Å². The van der Waals surface area contributed by atoms with Crippen molar-refractivity contribution in [2.75, 3.05) is 25.9 Å². The van der Waals surface area contributed by atoms with Crippen molar-refractivity contribution in [3.8, 4) is 11.3 Å². The summed E-state index contributed by atoms with van der Waals surface area (Å²) in [5.74, 6) is 0.253. The van der Waals surface area contributed by atoms with Crippen molar-refractivity contribution in [2.24, 2.45) is 11.8 Å². The van der Waals surface area contributed by atoms with Crippen molar-refractivity contribution in [3.05, 3.63) is 29.6 Å². The van der Waals surface area contributed by atoms with Gasteiger partial charge in [-0.25, -0.2) is 13.8 Å². The first-order valence-electron chi connectivity index (χ1n) is 10.6. The van der Waals surface area contributed by atoms with Gasteiger partial charge in [-0.15, -0.1) is 0 Å². The van der Waals surface area contributed by atoms with Crippen LogP contribution >= 0.6 is 0 Å². The second-order valence-electron chi connectivity index (χ2n) is 8.97. The van der Waals surface area contributed by atoms with E-state index >= 15 is 0 Å². The molecule has 2 aromatic rings. The Morgan fingerprint density at radius 3 is 2.47 bits per heavy atom. The van der Waals surface area contributed by atoms with Crippen LogP contribution in [-0.2, 0) is 17.5 Å². The summed E-state index contributed by atoms with van der Waals surface area (Å²) in [5.41, 5.74) is 5.29. The molecule has 3 heterocycles. The summed E-state index contributed by atoms with van der Waals surface area (Å²) in [4.78, 5) is 6.04. The number of anilines is 1. The van der Waals surface area contributed by atoms with Crippen LogP contribution in [0.2, 0.25) is 0 Å². The summed E-state index contributed by atoms with van der Waals surface area (Å²) in [7, 11) is 1.71. The van der Waals surface area contributed by atoms with E-state index in [1.165, 1.54) is 10.9 Å². The average Bonchev–Trinajstić information content (AvgIpc) is 3.00. The Labute approximate surface area is 181 Å². The number of nitrogens with zero attached hydrogens (tertiary/aromatic N) is 4. The Hall–Kier alpha value is -2.27. The first kappa shape index (κ1) is 21.6. The minimum atomic E-state index is -4.66. The minimum Gasteiger partial charge on any atom is -0.383 e. The normalized spacial score (nSPS) is 28.2. The van der Waals surface area contributed by atoms with Crippen molar-refractivity contribution < 1.29 is 26.7 Å². The number of nitrogen functional groups attached to an aromatic ring is 1. The number of likely N-dealkylation sites (tertiary alicyclic amines) is 1. The van der Waals surface area contributed by atoms with Gasteiger partial charge in [-0.05, 0) is 36.8 Å².